The molecule has 0 fully saturated rings. The molecule has 0 aromatic heterocycles. The number of carboxylic acid groups (broad SMARTS) is 3. The third-order valence-electron chi connectivity index (χ3n) is 2.60. The van der Waals surface area contributed by atoms with Crippen molar-refractivity contribution >= 4 is 29.8 Å². The molecular weight excluding hydrogens is 404 g/mol. The number of hydrogen-bond donors (Lipinski definition) is 9. The first-order valence-electron chi connectivity index (χ1n) is 8.71. The highest BCUT2D eigenvalue weighted by Crippen LogP contribution is 2.08. The summed E-state index contributed by atoms with van der Waals surface area (Å²) in [6.07, 6.45) is 0.567. The number of ether oxygens (including phenoxy) is 1. The van der Waals surface area contributed by atoms with Gasteiger partial charge in [0.05, 0.1) is 13.0 Å². The van der Waals surface area contributed by atoms with Gasteiger partial charge in [0.25, 0.3) is 0 Å². The van der Waals surface area contributed by atoms with Crippen molar-refractivity contribution in [1.82, 2.24) is 5.32 Å². The molecule has 2 unspecified atom stereocenters. The van der Waals surface area contributed by atoms with Crippen molar-refractivity contribution in [2.75, 3.05) is 13.1 Å². The number of guanidine groups is 1. The minimum absolute atomic E-state index is 0.112. The van der Waals surface area contributed by atoms with Crippen LogP contribution in [0.3, 0.4) is 0 Å². The molecule has 0 aromatic carbocycles. The van der Waals surface area contributed by atoms with Gasteiger partial charge >= 0.3 is 23.9 Å². The predicted octanol–water partition coefficient (Wildman–Crippen LogP) is -2.18. The lowest BCUT2D eigenvalue weighted by Crippen LogP contribution is -2.38. The van der Waals surface area contributed by atoms with E-state index in [1.807, 2.05) is 0 Å². The van der Waals surface area contributed by atoms with Gasteiger partial charge in [-0.2, -0.15) is 0 Å². The molecule has 14 nitrogen and oxygen atoms in total. The van der Waals surface area contributed by atoms with Crippen LogP contribution < -0.4 is 28.3 Å². The summed E-state index contributed by atoms with van der Waals surface area (Å²) in [5.41, 5.74) is 19.4. The number of nitrogens with two attached hydrogens (primary N) is 4. The number of esters is 1. The maximum Gasteiger partial charge on any atom is 0.324 e. The van der Waals surface area contributed by atoms with Gasteiger partial charge in [-0.25, -0.2) is 0 Å². The summed E-state index contributed by atoms with van der Waals surface area (Å²) < 4.78 is 4.87. The van der Waals surface area contributed by atoms with Crippen LogP contribution in [0.25, 0.3) is 0 Å². The molecule has 0 radical (unpaired) electrons. The van der Waals surface area contributed by atoms with E-state index < -0.39 is 48.0 Å². The third-order valence-corrected chi connectivity index (χ3v) is 2.60. The van der Waals surface area contributed by atoms with Gasteiger partial charge in [0.15, 0.2) is 5.96 Å². The molecule has 0 saturated heterocycles. The number of carbonyl (C=O) groups excluding carboxylic acids is 1. The lowest BCUT2D eigenvalue weighted by atomic mass is 10.1. The zero-order chi connectivity index (χ0) is 24.5. The fraction of sp³-hybridized carbons (Fsp3) is 0.688. The van der Waals surface area contributed by atoms with Gasteiger partial charge < -0.3 is 48.3 Å². The van der Waals surface area contributed by atoms with Crippen LogP contribution in [0.2, 0.25) is 0 Å². The van der Waals surface area contributed by atoms with Gasteiger partial charge in [0.1, 0.15) is 17.7 Å². The standard InChI is InChI=1S/C8H15NO4.C6H14N4O2.C2H5NO2/c1-8(2,3)13-7(12)5(9)4-6(10)11;7-4(5(11)12)2-1-3-10-6(8)9;3-1-2(4)5/h5H,4,9H2,1-3H3,(H,10,11);4H,1-3,7H2,(H,11,12)(H4,8,9,10);1,3H2,(H,4,5). The van der Waals surface area contributed by atoms with Crippen molar-refractivity contribution in [3.63, 3.8) is 0 Å². The van der Waals surface area contributed by atoms with Crippen molar-refractivity contribution in [3.05, 3.63) is 0 Å². The maximum atomic E-state index is 11.1. The van der Waals surface area contributed by atoms with Crippen LogP contribution in [0.1, 0.15) is 40.0 Å². The summed E-state index contributed by atoms with van der Waals surface area (Å²) in [5.74, 6) is -3.88. The normalized spacial score (nSPS) is 11.9. The van der Waals surface area contributed by atoms with Crippen LogP contribution >= 0.6 is 0 Å². The zero-order valence-corrected chi connectivity index (χ0v) is 17.4. The summed E-state index contributed by atoms with van der Waals surface area (Å²) in [6, 6.07) is -1.91. The monoisotopic (exact) mass is 438 g/mol. The van der Waals surface area contributed by atoms with Gasteiger partial charge in [-0.05, 0) is 33.6 Å². The fourth-order valence-electron chi connectivity index (χ4n) is 1.32. The Labute approximate surface area is 174 Å². The maximum absolute atomic E-state index is 11.1. The molecule has 14 heteroatoms. The second-order valence-electron chi connectivity index (χ2n) is 6.76. The van der Waals surface area contributed by atoms with E-state index in [0.29, 0.717) is 19.4 Å². The molecule has 0 aliphatic rings. The molecule has 0 bridgehead atoms. The van der Waals surface area contributed by atoms with E-state index in [4.69, 9.17) is 42.7 Å². The Morgan fingerprint density at radius 2 is 1.50 bits per heavy atom. The van der Waals surface area contributed by atoms with Crippen LogP contribution in [0.5, 0.6) is 0 Å². The average molecular weight is 438 g/mol. The first kappa shape index (κ1) is 31.7. The minimum Gasteiger partial charge on any atom is -0.481 e. The van der Waals surface area contributed by atoms with E-state index in [1.54, 1.807) is 20.8 Å². The topological polar surface area (TPSA) is 278 Å². The van der Waals surface area contributed by atoms with Crippen LogP contribution in [0.15, 0.2) is 0 Å². The predicted molar refractivity (Wildman–Crippen MR) is 108 cm³/mol. The largest absolute Gasteiger partial charge is 0.481 e. The Morgan fingerprint density at radius 3 is 1.80 bits per heavy atom. The highest BCUT2D eigenvalue weighted by Gasteiger charge is 2.23. The number of nitrogens with one attached hydrogen (secondary N) is 2. The number of hydrogen-bond acceptors (Lipinski definition) is 9. The number of rotatable bonds is 9. The Balaban J connectivity index is -0.000000399. The molecule has 0 saturated carbocycles. The van der Waals surface area contributed by atoms with Crippen molar-refractivity contribution in [1.29, 1.82) is 5.41 Å². The molecule has 13 N–H and O–H groups in total. The molecular formula is C16H34N6O8. The number of aliphatic carboxylic acids is 3. The molecule has 0 rings (SSSR count). The SMILES string of the molecule is CC(C)(C)OC(=O)C(N)CC(=O)O.N=C(N)NCCCC(N)C(=O)O.NCC(=O)O. The van der Waals surface area contributed by atoms with Gasteiger partial charge in [-0.15, -0.1) is 0 Å². The highest BCUT2D eigenvalue weighted by atomic mass is 16.6. The van der Waals surface area contributed by atoms with E-state index in [1.165, 1.54) is 0 Å². The van der Waals surface area contributed by atoms with Crippen LogP contribution in [0, 0.1) is 5.41 Å². The smallest absolute Gasteiger partial charge is 0.324 e. The minimum atomic E-state index is -1.11. The Hall–Kier alpha value is -2.97. The molecule has 0 amide bonds. The quantitative estimate of drug-likeness (QED) is 0.0801. The number of carbonyl (C=O) groups is 4. The molecule has 0 aromatic rings. The second kappa shape index (κ2) is 16.9. The van der Waals surface area contributed by atoms with Crippen molar-refractivity contribution in [2.24, 2.45) is 22.9 Å². The summed E-state index contributed by atoms with van der Waals surface area (Å²) >= 11 is 0. The Morgan fingerprint density at radius 1 is 1.03 bits per heavy atom. The first-order chi connectivity index (χ1) is 13.5. The molecule has 2 atom stereocenters. The van der Waals surface area contributed by atoms with E-state index in [2.05, 4.69) is 11.1 Å². The highest BCUT2D eigenvalue weighted by molar-refractivity contribution is 5.81. The zero-order valence-electron chi connectivity index (χ0n) is 17.4. The van der Waals surface area contributed by atoms with Crippen LogP contribution in [-0.4, -0.2) is 75.9 Å². The molecule has 176 valence electrons. The third kappa shape index (κ3) is 27.3. The summed E-state index contributed by atoms with van der Waals surface area (Å²) in [7, 11) is 0. The van der Waals surface area contributed by atoms with E-state index in [-0.39, 0.29) is 12.5 Å². The molecule has 0 aliphatic carbocycles. The first-order valence-corrected chi connectivity index (χ1v) is 8.71. The van der Waals surface area contributed by atoms with Gasteiger partial charge in [-0.1, -0.05) is 0 Å². The summed E-state index contributed by atoms with van der Waals surface area (Å²) in [5, 5.41) is 33.7. The van der Waals surface area contributed by atoms with Crippen molar-refractivity contribution in [3.8, 4) is 0 Å². The number of carboxylic acids is 3. The summed E-state index contributed by atoms with van der Waals surface area (Å²) in [4.78, 5) is 40.7. The van der Waals surface area contributed by atoms with Gasteiger partial charge in [0, 0.05) is 6.54 Å². The van der Waals surface area contributed by atoms with Crippen LogP contribution in [-0.2, 0) is 23.9 Å². The van der Waals surface area contributed by atoms with E-state index >= 15 is 0 Å². The lowest BCUT2D eigenvalue weighted by Gasteiger charge is -2.21. The Kier molecular flexibility index (Phi) is 17.9. The van der Waals surface area contributed by atoms with E-state index in [9.17, 15) is 19.2 Å². The van der Waals surface area contributed by atoms with Crippen LogP contribution in [0.4, 0.5) is 0 Å². The van der Waals surface area contributed by atoms with E-state index in [0.717, 1.165) is 0 Å². The lowest BCUT2D eigenvalue weighted by molar-refractivity contribution is -0.158. The van der Waals surface area contributed by atoms with Gasteiger partial charge in [0.2, 0.25) is 0 Å². The molecule has 0 aliphatic heterocycles. The van der Waals surface area contributed by atoms with Gasteiger partial charge in [-0.3, -0.25) is 24.6 Å². The molecule has 30 heavy (non-hydrogen) atoms. The fourth-order valence-corrected chi connectivity index (χ4v) is 1.32. The summed E-state index contributed by atoms with van der Waals surface area (Å²) in [6.45, 7) is 5.28. The second-order valence-corrected chi connectivity index (χ2v) is 6.76. The molecule has 0 heterocycles. The van der Waals surface area contributed by atoms with Crippen molar-refractivity contribution < 1.29 is 39.2 Å². The Bertz CT molecular complexity index is 564. The average Bonchev–Trinajstić information content (AvgIpc) is 2.57. The molecule has 0 spiro atoms. The van der Waals surface area contributed by atoms with Crippen molar-refractivity contribution in [2.45, 2.75) is 57.7 Å².